The lowest BCUT2D eigenvalue weighted by Gasteiger charge is -2.33. The van der Waals surface area contributed by atoms with E-state index >= 15 is 0 Å². The Balaban J connectivity index is 1.32. The van der Waals surface area contributed by atoms with Crippen LogP contribution >= 0.6 is 0 Å². The molecular weight excluding hydrogens is 398 g/mol. The number of hydrogen-bond acceptors (Lipinski definition) is 5. The summed E-state index contributed by atoms with van der Waals surface area (Å²) in [7, 11) is -3.60. The minimum absolute atomic E-state index is 0.151. The van der Waals surface area contributed by atoms with Gasteiger partial charge in [-0.05, 0) is 55.5 Å². The van der Waals surface area contributed by atoms with Crippen LogP contribution in [0, 0.1) is 6.92 Å². The van der Waals surface area contributed by atoms with Crippen molar-refractivity contribution in [2.45, 2.75) is 30.8 Å². The fourth-order valence-corrected chi connectivity index (χ4v) is 4.57. The number of rotatable bonds is 6. The summed E-state index contributed by atoms with van der Waals surface area (Å²) in [4.78, 5) is 6.65. The Bertz CT molecular complexity index is 1060. The minimum atomic E-state index is -3.60. The van der Waals surface area contributed by atoms with E-state index in [1.165, 1.54) is 5.69 Å². The zero-order valence-corrected chi connectivity index (χ0v) is 17.7. The Kier molecular flexibility index (Phi) is 5.90. The molecule has 1 fully saturated rings. The van der Waals surface area contributed by atoms with Crippen molar-refractivity contribution < 1.29 is 13.2 Å². The zero-order chi connectivity index (χ0) is 21.0. The molecule has 1 aromatic heterocycles. The van der Waals surface area contributed by atoms with Gasteiger partial charge in [0.15, 0.2) is 0 Å². The lowest BCUT2D eigenvalue weighted by Crippen LogP contribution is -2.38. The van der Waals surface area contributed by atoms with Crippen molar-refractivity contribution in [3.8, 4) is 5.75 Å². The number of aryl methyl sites for hydroxylation is 1. The summed E-state index contributed by atoms with van der Waals surface area (Å²) in [5.41, 5.74) is 2.71. The van der Waals surface area contributed by atoms with Crippen molar-refractivity contribution in [3.63, 3.8) is 0 Å². The largest absolute Gasteiger partial charge is 0.490 e. The minimum Gasteiger partial charge on any atom is -0.490 e. The van der Waals surface area contributed by atoms with Gasteiger partial charge in [-0.1, -0.05) is 17.7 Å². The summed E-state index contributed by atoms with van der Waals surface area (Å²) in [6.45, 7) is 3.79. The van der Waals surface area contributed by atoms with Crippen LogP contribution < -0.4 is 14.4 Å². The molecule has 156 valence electrons. The normalized spacial score (nSPS) is 15.0. The number of anilines is 2. The third-order valence-electron chi connectivity index (χ3n) is 5.21. The lowest BCUT2D eigenvalue weighted by atomic mass is 10.1. The maximum Gasteiger partial charge on any atom is 0.261 e. The zero-order valence-electron chi connectivity index (χ0n) is 16.9. The number of ether oxygens (including phenoxy) is 1. The van der Waals surface area contributed by atoms with Crippen LogP contribution in [-0.4, -0.2) is 32.6 Å². The van der Waals surface area contributed by atoms with E-state index in [9.17, 15) is 8.42 Å². The number of sulfonamides is 1. The topological polar surface area (TPSA) is 71.5 Å². The molecule has 1 N–H and O–H groups in total. The summed E-state index contributed by atoms with van der Waals surface area (Å²) in [5, 5.41) is 0. The summed E-state index contributed by atoms with van der Waals surface area (Å²) >= 11 is 0. The molecule has 1 saturated heterocycles. The molecular formula is C23H25N3O3S. The van der Waals surface area contributed by atoms with Crippen molar-refractivity contribution in [1.82, 2.24) is 4.98 Å². The summed E-state index contributed by atoms with van der Waals surface area (Å²) in [5.74, 6) is 0.746. The Morgan fingerprint density at radius 1 is 0.933 bits per heavy atom. The molecule has 0 atom stereocenters. The number of piperidine rings is 1. The highest BCUT2D eigenvalue weighted by atomic mass is 32.2. The molecule has 0 radical (unpaired) electrons. The molecule has 6 nitrogen and oxygen atoms in total. The molecule has 0 spiro atoms. The molecule has 0 amide bonds. The van der Waals surface area contributed by atoms with E-state index in [2.05, 4.69) is 14.6 Å². The summed E-state index contributed by atoms with van der Waals surface area (Å²) in [6.07, 6.45) is 5.64. The third-order valence-corrected chi connectivity index (χ3v) is 6.61. The second kappa shape index (κ2) is 8.75. The van der Waals surface area contributed by atoms with Gasteiger partial charge in [-0.2, -0.15) is 0 Å². The molecule has 2 heterocycles. The van der Waals surface area contributed by atoms with Crippen molar-refractivity contribution in [3.05, 3.63) is 78.6 Å². The standard InChI is InChI=1S/C23H25N3O3S/c1-18-2-8-23(9-3-18)30(27,28)25-19-4-6-21(7-5-19)29-22-12-16-26(17-13-22)20-10-14-24-15-11-20/h2-11,14-15,22,25H,12-13,16-17H2,1H3. The first kappa shape index (κ1) is 20.2. The van der Waals surface area contributed by atoms with Gasteiger partial charge in [-0.25, -0.2) is 8.42 Å². The predicted molar refractivity (Wildman–Crippen MR) is 119 cm³/mol. The number of nitrogens with zero attached hydrogens (tertiary/aromatic N) is 2. The molecule has 7 heteroatoms. The first-order chi connectivity index (χ1) is 14.5. The van der Waals surface area contributed by atoms with Gasteiger partial charge in [-0.15, -0.1) is 0 Å². The van der Waals surface area contributed by atoms with Gasteiger partial charge in [0.25, 0.3) is 10.0 Å². The molecule has 4 rings (SSSR count). The average molecular weight is 424 g/mol. The van der Waals surface area contributed by atoms with Crippen LogP contribution in [0.5, 0.6) is 5.75 Å². The van der Waals surface area contributed by atoms with E-state index in [-0.39, 0.29) is 11.0 Å². The van der Waals surface area contributed by atoms with Crippen LogP contribution in [0.25, 0.3) is 0 Å². The first-order valence-electron chi connectivity index (χ1n) is 10.0. The quantitative estimate of drug-likeness (QED) is 0.642. The maximum atomic E-state index is 12.5. The summed E-state index contributed by atoms with van der Waals surface area (Å²) < 4.78 is 33.7. The molecule has 0 unspecified atom stereocenters. The highest BCUT2D eigenvalue weighted by Crippen LogP contribution is 2.24. The molecule has 1 aliphatic rings. The molecule has 30 heavy (non-hydrogen) atoms. The van der Waals surface area contributed by atoms with E-state index in [0.29, 0.717) is 5.69 Å². The van der Waals surface area contributed by atoms with E-state index in [0.717, 1.165) is 37.2 Å². The van der Waals surface area contributed by atoms with Crippen LogP contribution in [0.4, 0.5) is 11.4 Å². The molecule has 0 aliphatic carbocycles. The second-order valence-electron chi connectivity index (χ2n) is 7.45. The number of pyridine rings is 1. The highest BCUT2D eigenvalue weighted by Gasteiger charge is 2.21. The van der Waals surface area contributed by atoms with Crippen molar-refractivity contribution in [1.29, 1.82) is 0 Å². The second-order valence-corrected chi connectivity index (χ2v) is 9.14. The Hall–Kier alpha value is -3.06. The Labute approximate surface area is 177 Å². The van der Waals surface area contributed by atoms with Crippen LogP contribution in [0.3, 0.4) is 0 Å². The van der Waals surface area contributed by atoms with Gasteiger partial charge in [-0.3, -0.25) is 9.71 Å². The van der Waals surface area contributed by atoms with E-state index in [4.69, 9.17) is 4.74 Å². The van der Waals surface area contributed by atoms with Crippen LogP contribution in [0.15, 0.2) is 78.0 Å². The van der Waals surface area contributed by atoms with E-state index in [1.54, 1.807) is 36.4 Å². The number of benzene rings is 2. The number of nitrogens with one attached hydrogen (secondary N) is 1. The molecule has 0 saturated carbocycles. The first-order valence-corrected chi connectivity index (χ1v) is 11.5. The average Bonchev–Trinajstić information content (AvgIpc) is 2.76. The number of aromatic nitrogens is 1. The highest BCUT2D eigenvalue weighted by molar-refractivity contribution is 7.92. The smallest absolute Gasteiger partial charge is 0.261 e. The van der Waals surface area contributed by atoms with Gasteiger partial charge >= 0.3 is 0 Å². The van der Waals surface area contributed by atoms with Gasteiger partial charge in [0, 0.05) is 49.7 Å². The SMILES string of the molecule is Cc1ccc(S(=O)(=O)Nc2ccc(OC3CCN(c4ccncc4)CC3)cc2)cc1. The molecule has 2 aromatic carbocycles. The summed E-state index contributed by atoms with van der Waals surface area (Å²) in [6, 6.07) is 17.9. The fraction of sp³-hybridized carbons (Fsp3) is 0.261. The Morgan fingerprint density at radius 3 is 2.20 bits per heavy atom. The molecule has 0 bridgehead atoms. The van der Waals surface area contributed by atoms with E-state index in [1.807, 2.05) is 43.6 Å². The monoisotopic (exact) mass is 423 g/mol. The van der Waals surface area contributed by atoms with Gasteiger partial charge < -0.3 is 9.64 Å². The number of hydrogen-bond donors (Lipinski definition) is 1. The lowest BCUT2D eigenvalue weighted by molar-refractivity contribution is 0.171. The van der Waals surface area contributed by atoms with Crippen LogP contribution in [-0.2, 0) is 10.0 Å². The van der Waals surface area contributed by atoms with Crippen molar-refractivity contribution in [2.24, 2.45) is 0 Å². The fourth-order valence-electron chi connectivity index (χ4n) is 3.51. The van der Waals surface area contributed by atoms with E-state index < -0.39 is 10.0 Å². The van der Waals surface area contributed by atoms with Gasteiger partial charge in [0.1, 0.15) is 11.9 Å². The maximum absolute atomic E-state index is 12.5. The van der Waals surface area contributed by atoms with Gasteiger partial charge in [0.05, 0.1) is 4.90 Å². The van der Waals surface area contributed by atoms with Crippen LogP contribution in [0.2, 0.25) is 0 Å². The molecule has 3 aromatic rings. The third kappa shape index (κ3) is 4.91. The molecule has 1 aliphatic heterocycles. The predicted octanol–water partition coefficient (Wildman–Crippen LogP) is 4.24. The Morgan fingerprint density at radius 2 is 1.57 bits per heavy atom. The van der Waals surface area contributed by atoms with Crippen LogP contribution in [0.1, 0.15) is 18.4 Å². The van der Waals surface area contributed by atoms with Crippen molar-refractivity contribution >= 4 is 21.4 Å². The van der Waals surface area contributed by atoms with Crippen molar-refractivity contribution in [2.75, 3.05) is 22.7 Å². The van der Waals surface area contributed by atoms with Gasteiger partial charge in [0.2, 0.25) is 0 Å².